The van der Waals surface area contributed by atoms with Gasteiger partial charge in [-0.1, -0.05) is 83.9 Å². The van der Waals surface area contributed by atoms with Crippen LogP contribution >= 0.6 is 23.2 Å². The van der Waals surface area contributed by atoms with Crippen LogP contribution in [0, 0.1) is 19.8 Å². The Morgan fingerprint density at radius 3 is 1.78 bits per heavy atom. The molecule has 0 bridgehead atoms. The maximum absolute atomic E-state index is 11.1. The van der Waals surface area contributed by atoms with Crippen LogP contribution in [0.25, 0.3) is 33.4 Å². The Labute approximate surface area is 303 Å². The first-order chi connectivity index (χ1) is 23.9. The van der Waals surface area contributed by atoms with E-state index in [4.69, 9.17) is 33.4 Å². The molecule has 4 N–H and O–H groups in total. The molecule has 0 amide bonds. The van der Waals surface area contributed by atoms with Gasteiger partial charge in [-0.25, -0.2) is 0 Å². The van der Waals surface area contributed by atoms with Crippen LogP contribution in [-0.2, 0) is 35.4 Å². The van der Waals surface area contributed by atoms with Gasteiger partial charge in [-0.3, -0.25) is 14.5 Å². The lowest BCUT2D eigenvalue weighted by Crippen LogP contribution is -2.37. The van der Waals surface area contributed by atoms with Crippen molar-refractivity contribution in [3.8, 4) is 33.4 Å². The fourth-order valence-electron chi connectivity index (χ4n) is 8.00. The number of β-amino-alcohol motifs (C(OH)–C–C–N with tert-alkyl or cyclic N) is 1. The summed E-state index contributed by atoms with van der Waals surface area (Å²) in [4.78, 5) is 24.3. The summed E-state index contributed by atoms with van der Waals surface area (Å²) in [6, 6.07) is 20.6. The van der Waals surface area contributed by atoms with Crippen molar-refractivity contribution in [3.63, 3.8) is 0 Å². The van der Waals surface area contributed by atoms with Crippen molar-refractivity contribution in [1.82, 2.24) is 4.90 Å². The van der Waals surface area contributed by atoms with Crippen LogP contribution < -0.4 is 0 Å². The van der Waals surface area contributed by atoms with Crippen LogP contribution in [0.15, 0.2) is 60.7 Å². The molecule has 1 heterocycles. The Morgan fingerprint density at radius 1 is 0.720 bits per heavy atom. The van der Waals surface area contributed by atoms with E-state index in [0.29, 0.717) is 29.6 Å². The van der Waals surface area contributed by atoms with Crippen molar-refractivity contribution in [2.75, 3.05) is 13.1 Å². The number of hydrogen-bond donors (Lipinski definition) is 4. The number of fused-ring (bicyclic) bond motifs is 2. The van der Waals surface area contributed by atoms with E-state index in [1.165, 1.54) is 22.3 Å². The van der Waals surface area contributed by atoms with Crippen LogP contribution in [0.4, 0.5) is 0 Å². The van der Waals surface area contributed by atoms with Crippen LogP contribution in [0.1, 0.15) is 59.1 Å². The highest BCUT2D eigenvalue weighted by Crippen LogP contribution is 2.45. The molecule has 0 saturated carbocycles. The zero-order chi connectivity index (χ0) is 35.7. The number of carbonyl (C=O) groups is 2. The van der Waals surface area contributed by atoms with Gasteiger partial charge in [0.05, 0.1) is 35.1 Å². The third-order valence-electron chi connectivity index (χ3n) is 10.5. The van der Waals surface area contributed by atoms with Crippen molar-refractivity contribution >= 4 is 35.1 Å². The summed E-state index contributed by atoms with van der Waals surface area (Å²) in [5.41, 5.74) is 12.8. The first-order valence-electron chi connectivity index (χ1n) is 17.2. The average Bonchev–Trinajstić information content (AvgIpc) is 3.06. The van der Waals surface area contributed by atoms with Crippen molar-refractivity contribution < 1.29 is 30.0 Å². The maximum Gasteiger partial charge on any atom is 0.306 e. The number of nitrogens with zero attached hydrogens (tertiary/aromatic N) is 1. The lowest BCUT2D eigenvalue weighted by Gasteiger charge is -2.32. The lowest BCUT2D eigenvalue weighted by atomic mass is 9.77. The van der Waals surface area contributed by atoms with Gasteiger partial charge in [0.25, 0.3) is 0 Å². The van der Waals surface area contributed by atoms with Crippen LogP contribution in [0.2, 0.25) is 10.0 Å². The quantitative estimate of drug-likeness (QED) is 0.124. The molecule has 0 aromatic heterocycles. The minimum absolute atomic E-state index is 0.216. The first kappa shape index (κ1) is 36.1. The van der Waals surface area contributed by atoms with E-state index in [-0.39, 0.29) is 18.8 Å². The molecule has 4 aromatic carbocycles. The molecule has 4 aromatic rings. The first-order valence-corrected chi connectivity index (χ1v) is 18.0. The van der Waals surface area contributed by atoms with Gasteiger partial charge in [0.1, 0.15) is 0 Å². The SMILES string of the molecule is Cc1c(-c2cccc(-c3cccc(-c4ccc5c(c4C)CN(C[C@@H](O)CC(=O)O)CC5)c3Cl)c2Cl)ccc2c1CC(C[C@@H](O)CC(=O)O)CC2. The Kier molecular flexibility index (Phi) is 11.0. The van der Waals surface area contributed by atoms with Crippen LogP contribution in [0.3, 0.4) is 0 Å². The molecule has 0 spiro atoms. The minimum atomic E-state index is -1.01. The number of carboxylic acids is 2. The van der Waals surface area contributed by atoms with E-state index in [2.05, 4.69) is 43.0 Å². The zero-order valence-electron chi connectivity index (χ0n) is 28.4. The molecule has 2 aliphatic rings. The van der Waals surface area contributed by atoms with E-state index in [1.807, 2.05) is 36.4 Å². The molecular weight excluding hydrogens is 673 g/mol. The van der Waals surface area contributed by atoms with E-state index >= 15 is 0 Å². The molecule has 0 radical (unpaired) electrons. The third-order valence-corrected chi connectivity index (χ3v) is 11.4. The number of benzene rings is 4. The highest BCUT2D eigenvalue weighted by molar-refractivity contribution is 6.39. The number of aliphatic hydroxyl groups excluding tert-OH is 2. The lowest BCUT2D eigenvalue weighted by molar-refractivity contribution is -0.140. The Balaban J connectivity index is 1.30. The highest BCUT2D eigenvalue weighted by atomic mass is 35.5. The molecule has 50 heavy (non-hydrogen) atoms. The number of aliphatic carboxylic acids is 2. The predicted molar refractivity (Wildman–Crippen MR) is 198 cm³/mol. The summed E-state index contributed by atoms with van der Waals surface area (Å²) < 4.78 is 0. The van der Waals surface area contributed by atoms with Gasteiger partial charge in [0.2, 0.25) is 0 Å². The molecule has 1 aliphatic heterocycles. The topological polar surface area (TPSA) is 118 Å². The average molecular weight is 717 g/mol. The second-order valence-corrected chi connectivity index (χ2v) is 14.7. The summed E-state index contributed by atoms with van der Waals surface area (Å²) in [6.07, 6.45) is 1.62. The van der Waals surface area contributed by atoms with E-state index in [1.54, 1.807) is 0 Å². The molecule has 0 saturated heterocycles. The van der Waals surface area contributed by atoms with Crippen molar-refractivity contribution in [2.45, 2.75) is 77.5 Å². The summed E-state index contributed by atoms with van der Waals surface area (Å²) in [7, 11) is 0. The van der Waals surface area contributed by atoms with E-state index in [9.17, 15) is 19.8 Å². The number of rotatable bonds is 11. The summed E-state index contributed by atoms with van der Waals surface area (Å²) in [6.45, 7) is 5.90. The van der Waals surface area contributed by atoms with Gasteiger partial charge in [0, 0.05) is 41.9 Å². The maximum atomic E-state index is 11.1. The Bertz CT molecular complexity index is 1800. The van der Waals surface area contributed by atoms with Gasteiger partial charge in [0.15, 0.2) is 0 Å². The molecule has 1 aliphatic carbocycles. The normalized spacial score (nSPS) is 17.1. The number of aliphatic hydroxyl groups is 2. The molecule has 7 nitrogen and oxygen atoms in total. The molecular formula is C41H43Cl2NO6. The summed E-state index contributed by atoms with van der Waals surface area (Å²) in [5.74, 6) is -1.77. The fourth-order valence-corrected chi connectivity index (χ4v) is 8.66. The molecule has 6 rings (SSSR count). The second kappa shape index (κ2) is 15.3. The Hall–Kier alpha value is -3.72. The van der Waals surface area contributed by atoms with Crippen molar-refractivity contribution in [3.05, 3.63) is 104 Å². The third kappa shape index (κ3) is 7.63. The minimum Gasteiger partial charge on any atom is -0.481 e. The predicted octanol–water partition coefficient (Wildman–Crippen LogP) is 8.14. The molecule has 9 heteroatoms. The van der Waals surface area contributed by atoms with Crippen molar-refractivity contribution in [1.29, 1.82) is 0 Å². The molecule has 3 atom stereocenters. The second-order valence-electron chi connectivity index (χ2n) is 13.9. The van der Waals surface area contributed by atoms with E-state index in [0.717, 1.165) is 76.7 Å². The smallest absolute Gasteiger partial charge is 0.306 e. The van der Waals surface area contributed by atoms with Gasteiger partial charge in [-0.15, -0.1) is 0 Å². The number of halogens is 2. The zero-order valence-corrected chi connectivity index (χ0v) is 29.9. The number of aryl methyl sites for hydroxylation is 1. The number of hydrogen-bond acceptors (Lipinski definition) is 5. The highest BCUT2D eigenvalue weighted by Gasteiger charge is 2.27. The molecule has 262 valence electrons. The largest absolute Gasteiger partial charge is 0.481 e. The monoisotopic (exact) mass is 715 g/mol. The molecule has 1 unspecified atom stereocenters. The van der Waals surface area contributed by atoms with Gasteiger partial charge in [-0.05, 0) is 96.4 Å². The summed E-state index contributed by atoms with van der Waals surface area (Å²) >= 11 is 14.5. The van der Waals surface area contributed by atoms with Crippen molar-refractivity contribution in [2.24, 2.45) is 5.92 Å². The van der Waals surface area contributed by atoms with Gasteiger partial charge >= 0.3 is 11.9 Å². The van der Waals surface area contributed by atoms with Crippen LogP contribution in [-0.4, -0.2) is 62.6 Å². The summed E-state index contributed by atoms with van der Waals surface area (Å²) in [5, 5.41) is 40.0. The van der Waals surface area contributed by atoms with E-state index < -0.39 is 24.1 Å². The van der Waals surface area contributed by atoms with Crippen LogP contribution in [0.5, 0.6) is 0 Å². The fraction of sp³-hybridized carbons (Fsp3) is 0.366. The number of carboxylic acid groups (broad SMARTS) is 2. The Morgan fingerprint density at radius 2 is 1.22 bits per heavy atom. The standard InChI is InChI=1S/C41H43Cl2NO6/c1-23-30(13-11-26-10-9-25(18-36(23)26)17-28(45)19-38(47)48)32-5-3-7-34(40(32)42)35-8-4-6-33(41(35)43)31-14-12-27-15-16-44(22-37(27)24(31)2)21-29(46)20-39(49)50/h3-8,11-14,25,28-29,45-46H,9-10,15-22H2,1-2H3,(H,47,48)(H,49,50)/t25?,28-,29+/m1/s1. The van der Waals surface area contributed by atoms with Gasteiger partial charge < -0.3 is 20.4 Å². The van der Waals surface area contributed by atoms with Gasteiger partial charge in [-0.2, -0.15) is 0 Å². The molecule has 0 fully saturated rings.